The zero-order chi connectivity index (χ0) is 17.8. The molecular weight excluding hydrogens is 326 g/mol. The van der Waals surface area contributed by atoms with Crippen molar-refractivity contribution in [3.05, 3.63) is 72.2 Å². The lowest BCUT2D eigenvalue weighted by molar-refractivity contribution is 0.0799. The number of hydrogen-bond acceptors (Lipinski definition) is 5. The first kappa shape index (κ1) is 16.7. The number of Topliss-reactive ketones (excluding diaryl/α,β-unsaturated/α-hetero) is 1. The molecule has 0 aliphatic carbocycles. The summed E-state index contributed by atoms with van der Waals surface area (Å²) in [7, 11) is 0. The van der Waals surface area contributed by atoms with E-state index in [2.05, 4.69) is 15.0 Å². The zero-order valence-corrected chi connectivity index (χ0v) is 14.5. The fraction of sp³-hybridized carbons (Fsp3) is 0.286. The van der Waals surface area contributed by atoms with Gasteiger partial charge in [-0.25, -0.2) is 0 Å². The van der Waals surface area contributed by atoms with Gasteiger partial charge in [-0.15, -0.1) is 0 Å². The Balaban J connectivity index is 1.41. The molecule has 0 saturated carbocycles. The number of benzene rings is 1. The van der Waals surface area contributed by atoms with Crippen LogP contribution in [0.4, 0.5) is 0 Å². The summed E-state index contributed by atoms with van der Waals surface area (Å²) in [5, 5.41) is 4.15. The molecule has 1 aliphatic heterocycles. The molecule has 0 spiro atoms. The molecule has 5 nitrogen and oxygen atoms in total. The highest BCUT2D eigenvalue weighted by Gasteiger charge is 2.27. The Morgan fingerprint density at radius 3 is 2.88 bits per heavy atom. The number of pyridine rings is 1. The first-order chi connectivity index (χ1) is 12.8. The highest BCUT2D eigenvalue weighted by molar-refractivity contribution is 5.98. The molecular formula is C21H21N3O2. The van der Waals surface area contributed by atoms with Crippen molar-refractivity contribution in [3.63, 3.8) is 0 Å². The highest BCUT2D eigenvalue weighted by Crippen LogP contribution is 2.24. The molecule has 0 unspecified atom stereocenters. The normalized spacial score (nSPS) is 17.9. The van der Waals surface area contributed by atoms with E-state index < -0.39 is 0 Å². The minimum absolute atomic E-state index is 0.0480. The van der Waals surface area contributed by atoms with Crippen LogP contribution < -0.4 is 0 Å². The van der Waals surface area contributed by atoms with Crippen LogP contribution in [0.15, 0.2) is 65.4 Å². The third-order valence-electron chi connectivity index (χ3n) is 4.83. The summed E-state index contributed by atoms with van der Waals surface area (Å²) in [6.07, 6.45) is 5.48. The molecule has 4 rings (SSSR count). The van der Waals surface area contributed by atoms with Crippen molar-refractivity contribution in [2.24, 2.45) is 5.92 Å². The van der Waals surface area contributed by atoms with E-state index in [1.165, 1.54) is 0 Å². The third kappa shape index (κ3) is 3.73. The number of ketones is 1. The summed E-state index contributed by atoms with van der Waals surface area (Å²) >= 11 is 0. The van der Waals surface area contributed by atoms with Gasteiger partial charge >= 0.3 is 0 Å². The minimum Gasteiger partial charge on any atom is -0.359 e. The lowest BCUT2D eigenvalue weighted by Crippen LogP contribution is -2.38. The Morgan fingerprint density at radius 1 is 1.19 bits per heavy atom. The van der Waals surface area contributed by atoms with E-state index in [1.807, 2.05) is 48.5 Å². The van der Waals surface area contributed by atoms with Gasteiger partial charge in [0.25, 0.3) is 0 Å². The minimum atomic E-state index is 0.0480. The van der Waals surface area contributed by atoms with Crippen LogP contribution >= 0.6 is 0 Å². The Labute approximate surface area is 152 Å². The maximum atomic E-state index is 12.7. The molecule has 1 atom stereocenters. The number of likely N-dealkylation sites (tertiary alicyclic amines) is 1. The molecule has 1 aromatic carbocycles. The second-order valence-electron chi connectivity index (χ2n) is 6.72. The van der Waals surface area contributed by atoms with Crippen molar-refractivity contribution in [3.8, 4) is 11.3 Å². The van der Waals surface area contributed by atoms with Crippen molar-refractivity contribution in [1.82, 2.24) is 15.0 Å². The summed E-state index contributed by atoms with van der Waals surface area (Å²) in [6.45, 7) is 2.41. The highest BCUT2D eigenvalue weighted by atomic mass is 16.5. The summed E-state index contributed by atoms with van der Waals surface area (Å²) in [6, 6.07) is 15.4. The standard InChI is InChI=1S/C21H21N3O2/c25-21(16-6-2-1-3-7-16)18-9-5-11-24(14-18)15-19-12-20(23-26-19)17-8-4-10-22-13-17/h1-4,6-8,10,12-13,18H,5,9,11,14-15H2/t18-/m0/s1. The summed E-state index contributed by atoms with van der Waals surface area (Å²) in [5.74, 6) is 1.10. The topological polar surface area (TPSA) is 59.2 Å². The zero-order valence-electron chi connectivity index (χ0n) is 14.5. The van der Waals surface area contributed by atoms with Crippen LogP contribution in [0.3, 0.4) is 0 Å². The van der Waals surface area contributed by atoms with Crippen molar-refractivity contribution >= 4 is 5.78 Å². The molecule has 1 aliphatic rings. The van der Waals surface area contributed by atoms with Gasteiger partial charge in [0.2, 0.25) is 0 Å². The molecule has 1 fully saturated rings. The van der Waals surface area contributed by atoms with E-state index in [1.54, 1.807) is 12.4 Å². The van der Waals surface area contributed by atoms with Gasteiger partial charge in [0.05, 0.1) is 6.54 Å². The van der Waals surface area contributed by atoms with Gasteiger partial charge in [-0.05, 0) is 31.5 Å². The number of rotatable bonds is 5. The Hall–Kier alpha value is -2.79. The summed E-state index contributed by atoms with van der Waals surface area (Å²) in [5.41, 5.74) is 2.54. The van der Waals surface area contributed by atoms with Gasteiger partial charge in [0.15, 0.2) is 11.5 Å². The van der Waals surface area contributed by atoms with Crippen LogP contribution in [0.1, 0.15) is 29.0 Å². The number of carbonyl (C=O) groups excluding carboxylic acids is 1. The van der Waals surface area contributed by atoms with Gasteiger partial charge in [0.1, 0.15) is 5.69 Å². The molecule has 0 bridgehead atoms. The molecule has 2 aromatic heterocycles. The van der Waals surface area contributed by atoms with Crippen molar-refractivity contribution in [2.45, 2.75) is 19.4 Å². The molecule has 132 valence electrons. The largest absolute Gasteiger partial charge is 0.359 e. The van der Waals surface area contributed by atoms with E-state index in [-0.39, 0.29) is 11.7 Å². The molecule has 3 aromatic rings. The monoisotopic (exact) mass is 347 g/mol. The van der Waals surface area contributed by atoms with Crippen molar-refractivity contribution < 1.29 is 9.32 Å². The second kappa shape index (κ2) is 7.62. The van der Waals surface area contributed by atoms with Gasteiger partial charge in [-0.2, -0.15) is 0 Å². The second-order valence-corrected chi connectivity index (χ2v) is 6.72. The predicted octanol–water partition coefficient (Wildman–Crippen LogP) is 3.83. The van der Waals surface area contributed by atoms with E-state index in [9.17, 15) is 4.79 Å². The fourth-order valence-electron chi connectivity index (χ4n) is 3.51. The maximum Gasteiger partial charge on any atom is 0.167 e. The van der Waals surface area contributed by atoms with Crippen LogP contribution in [-0.4, -0.2) is 33.9 Å². The number of carbonyl (C=O) groups is 1. The van der Waals surface area contributed by atoms with Gasteiger partial charge in [0, 0.05) is 42.0 Å². The number of piperidine rings is 1. The van der Waals surface area contributed by atoms with Gasteiger partial charge in [-0.1, -0.05) is 35.5 Å². The smallest absolute Gasteiger partial charge is 0.167 e. The Morgan fingerprint density at radius 2 is 2.08 bits per heavy atom. The lowest BCUT2D eigenvalue weighted by atomic mass is 9.90. The Kier molecular flexibility index (Phi) is 4.88. The number of hydrogen-bond donors (Lipinski definition) is 0. The fourth-order valence-corrected chi connectivity index (χ4v) is 3.51. The first-order valence-corrected chi connectivity index (χ1v) is 8.97. The summed E-state index contributed by atoms with van der Waals surface area (Å²) < 4.78 is 5.50. The van der Waals surface area contributed by atoms with Crippen LogP contribution in [0, 0.1) is 5.92 Å². The SMILES string of the molecule is O=C(c1ccccc1)[C@H]1CCCN(Cc2cc(-c3cccnc3)no2)C1. The average molecular weight is 347 g/mol. The number of aromatic nitrogens is 2. The van der Waals surface area contributed by atoms with Crippen LogP contribution in [0.25, 0.3) is 11.3 Å². The average Bonchev–Trinajstić information content (AvgIpc) is 3.17. The van der Waals surface area contributed by atoms with Crippen molar-refractivity contribution in [1.29, 1.82) is 0 Å². The van der Waals surface area contributed by atoms with E-state index in [0.29, 0.717) is 6.54 Å². The first-order valence-electron chi connectivity index (χ1n) is 8.97. The quantitative estimate of drug-likeness (QED) is 0.657. The van der Waals surface area contributed by atoms with Crippen LogP contribution in [0.5, 0.6) is 0 Å². The van der Waals surface area contributed by atoms with Crippen LogP contribution in [-0.2, 0) is 6.54 Å². The van der Waals surface area contributed by atoms with E-state index in [0.717, 1.165) is 48.5 Å². The molecule has 26 heavy (non-hydrogen) atoms. The van der Waals surface area contributed by atoms with Crippen LogP contribution in [0.2, 0.25) is 0 Å². The van der Waals surface area contributed by atoms with Crippen molar-refractivity contribution in [2.75, 3.05) is 13.1 Å². The molecule has 3 heterocycles. The molecule has 0 N–H and O–H groups in total. The van der Waals surface area contributed by atoms with E-state index in [4.69, 9.17) is 4.52 Å². The predicted molar refractivity (Wildman–Crippen MR) is 98.5 cm³/mol. The third-order valence-corrected chi connectivity index (χ3v) is 4.83. The number of nitrogens with zero attached hydrogens (tertiary/aromatic N) is 3. The van der Waals surface area contributed by atoms with E-state index >= 15 is 0 Å². The lowest BCUT2D eigenvalue weighted by Gasteiger charge is -2.31. The molecule has 5 heteroatoms. The maximum absolute atomic E-state index is 12.7. The molecule has 0 amide bonds. The summed E-state index contributed by atoms with van der Waals surface area (Å²) in [4.78, 5) is 19.1. The van der Waals surface area contributed by atoms with Gasteiger partial charge in [-0.3, -0.25) is 14.7 Å². The Bertz CT molecular complexity index is 861. The molecule has 1 saturated heterocycles. The molecule has 0 radical (unpaired) electrons. The van der Waals surface area contributed by atoms with Gasteiger partial charge < -0.3 is 4.52 Å².